The van der Waals surface area contributed by atoms with Gasteiger partial charge in [-0.05, 0) is 73.1 Å². The van der Waals surface area contributed by atoms with Crippen molar-refractivity contribution in [3.8, 4) is 0 Å². The van der Waals surface area contributed by atoms with Crippen molar-refractivity contribution in [3.63, 3.8) is 0 Å². The monoisotopic (exact) mass is 466 g/mol. The summed E-state index contributed by atoms with van der Waals surface area (Å²) in [6.07, 6.45) is 10.1. The molecule has 1 amide bonds. The Balaban J connectivity index is 1.51. The summed E-state index contributed by atoms with van der Waals surface area (Å²) >= 11 is 3.42. The average Bonchev–Trinajstić information content (AvgIpc) is 3.25. The number of aromatic amines is 1. The molecule has 162 valence electrons. The maximum atomic E-state index is 13.0. The summed E-state index contributed by atoms with van der Waals surface area (Å²) in [5, 5.41) is 3.28. The number of rotatable bonds is 11. The molecule has 1 saturated heterocycles. The maximum Gasteiger partial charge on any atom is 0.224 e. The first kappa shape index (κ1) is 22.5. The van der Waals surface area contributed by atoms with E-state index in [0.29, 0.717) is 18.6 Å². The number of unbranched alkanes of at least 4 members (excludes halogenated alkanes) is 2. The number of halogens is 1. The van der Waals surface area contributed by atoms with E-state index < -0.39 is 0 Å². The van der Waals surface area contributed by atoms with Crippen molar-refractivity contribution in [2.75, 3.05) is 19.6 Å². The molecule has 0 bridgehead atoms. The number of carbonyl (C=O) groups is 2. The summed E-state index contributed by atoms with van der Waals surface area (Å²) in [6, 6.07) is -0.0935. The molecule has 2 heterocycles. The van der Waals surface area contributed by atoms with Crippen molar-refractivity contribution in [1.82, 2.24) is 20.2 Å². The standard InChI is InChI=1S/C22H35BrN4O2/c1-3-16(28)8-6-5-7-9-18(20-24-15-19(23)26-20)25-21(29)17-14-22(17)10-12-27(4-2)13-11-22/h15,17-18H,3-14H2,1-2H3,(H,24,26)(H,25,29)/t17-,18+/m1/s1. The second-order valence-corrected chi connectivity index (χ2v) is 9.58. The van der Waals surface area contributed by atoms with Crippen LogP contribution in [0.15, 0.2) is 10.8 Å². The number of piperidine rings is 1. The summed E-state index contributed by atoms with van der Waals surface area (Å²) in [5.74, 6) is 1.49. The molecule has 2 N–H and O–H groups in total. The van der Waals surface area contributed by atoms with Crippen LogP contribution in [0.5, 0.6) is 0 Å². The van der Waals surface area contributed by atoms with E-state index in [0.717, 1.165) is 75.0 Å². The van der Waals surface area contributed by atoms with Crippen molar-refractivity contribution in [3.05, 3.63) is 16.6 Å². The Morgan fingerprint density at radius 3 is 2.69 bits per heavy atom. The van der Waals surface area contributed by atoms with E-state index in [1.165, 1.54) is 0 Å². The lowest BCUT2D eigenvalue weighted by Gasteiger charge is -2.32. The number of carbonyl (C=O) groups excluding carboxylic acids is 2. The Labute approximate surface area is 182 Å². The van der Waals surface area contributed by atoms with Gasteiger partial charge in [0, 0.05) is 18.8 Å². The van der Waals surface area contributed by atoms with Gasteiger partial charge in [0.15, 0.2) is 0 Å². The third-order valence-electron chi connectivity index (χ3n) is 6.86. The molecule has 7 heteroatoms. The van der Waals surface area contributed by atoms with Gasteiger partial charge in [0.2, 0.25) is 5.91 Å². The third kappa shape index (κ3) is 5.91. The molecule has 1 aromatic heterocycles. The zero-order valence-electron chi connectivity index (χ0n) is 17.8. The highest BCUT2D eigenvalue weighted by Gasteiger charge is 2.58. The molecule has 1 spiro atoms. The van der Waals surface area contributed by atoms with Crippen LogP contribution in [0.1, 0.15) is 83.5 Å². The summed E-state index contributed by atoms with van der Waals surface area (Å²) in [5.41, 5.74) is 0.241. The second kappa shape index (κ2) is 10.2. The zero-order chi connectivity index (χ0) is 20.9. The number of imidazole rings is 1. The van der Waals surface area contributed by atoms with Crippen molar-refractivity contribution in [1.29, 1.82) is 0 Å². The predicted octanol–water partition coefficient (Wildman–Crippen LogP) is 4.38. The Kier molecular flexibility index (Phi) is 7.91. The van der Waals surface area contributed by atoms with Crippen molar-refractivity contribution >= 4 is 27.6 Å². The lowest BCUT2D eigenvalue weighted by atomic mass is 9.90. The smallest absolute Gasteiger partial charge is 0.224 e. The summed E-state index contributed by atoms with van der Waals surface area (Å²) in [7, 11) is 0. The fraction of sp³-hybridized carbons (Fsp3) is 0.773. The van der Waals surface area contributed by atoms with E-state index in [1.54, 1.807) is 6.20 Å². The molecule has 6 nitrogen and oxygen atoms in total. The SMILES string of the molecule is CCC(=O)CCCCC[C@H](NC(=O)[C@H]1CC12CCN(CC)CC2)c1ncc(Br)[nH]1. The van der Waals surface area contributed by atoms with Gasteiger partial charge in [-0.3, -0.25) is 9.59 Å². The molecule has 2 aliphatic rings. The highest BCUT2D eigenvalue weighted by Crippen LogP contribution is 2.59. The minimum absolute atomic E-state index is 0.0935. The minimum Gasteiger partial charge on any atom is -0.346 e. The molecule has 2 fully saturated rings. The molecule has 0 aromatic carbocycles. The van der Waals surface area contributed by atoms with Gasteiger partial charge in [0.05, 0.1) is 12.2 Å². The number of amides is 1. The van der Waals surface area contributed by atoms with Crippen LogP contribution in [0, 0.1) is 11.3 Å². The van der Waals surface area contributed by atoms with E-state index >= 15 is 0 Å². The van der Waals surface area contributed by atoms with Crippen LogP contribution in [0.25, 0.3) is 0 Å². The highest BCUT2D eigenvalue weighted by atomic mass is 79.9. The van der Waals surface area contributed by atoms with Crippen LogP contribution in [-0.4, -0.2) is 46.2 Å². The van der Waals surface area contributed by atoms with Gasteiger partial charge in [-0.15, -0.1) is 0 Å². The van der Waals surface area contributed by atoms with Crippen LogP contribution in [-0.2, 0) is 9.59 Å². The summed E-state index contributed by atoms with van der Waals surface area (Å²) in [4.78, 5) is 34.6. The van der Waals surface area contributed by atoms with Crippen molar-refractivity contribution < 1.29 is 9.59 Å². The van der Waals surface area contributed by atoms with Crippen LogP contribution >= 0.6 is 15.9 Å². The lowest BCUT2D eigenvalue weighted by Crippen LogP contribution is -2.37. The fourth-order valence-electron chi connectivity index (χ4n) is 4.65. The van der Waals surface area contributed by atoms with Gasteiger partial charge in [0.1, 0.15) is 16.2 Å². The maximum absolute atomic E-state index is 13.0. The van der Waals surface area contributed by atoms with Crippen molar-refractivity contribution in [2.45, 2.75) is 77.7 Å². The zero-order valence-corrected chi connectivity index (χ0v) is 19.4. The number of nitrogens with zero attached hydrogens (tertiary/aromatic N) is 2. The number of hydrogen-bond acceptors (Lipinski definition) is 4. The summed E-state index contributed by atoms with van der Waals surface area (Å²) < 4.78 is 0.829. The van der Waals surface area contributed by atoms with Gasteiger partial charge >= 0.3 is 0 Å². The van der Waals surface area contributed by atoms with E-state index in [4.69, 9.17) is 0 Å². The fourth-order valence-corrected chi connectivity index (χ4v) is 4.96. The normalized spacial score (nSPS) is 21.8. The van der Waals surface area contributed by atoms with Gasteiger partial charge in [0.25, 0.3) is 0 Å². The molecule has 3 rings (SSSR count). The van der Waals surface area contributed by atoms with Crippen LogP contribution in [0.3, 0.4) is 0 Å². The number of Topliss-reactive ketones (excluding diaryl/α,β-unsaturated/α-hetero) is 1. The number of nitrogens with one attached hydrogen (secondary N) is 2. The van der Waals surface area contributed by atoms with Crippen LogP contribution < -0.4 is 5.32 Å². The average molecular weight is 467 g/mol. The van der Waals surface area contributed by atoms with Crippen LogP contribution in [0.4, 0.5) is 0 Å². The Bertz CT molecular complexity index is 697. The summed E-state index contributed by atoms with van der Waals surface area (Å²) in [6.45, 7) is 7.46. The Hall–Kier alpha value is -1.21. The van der Waals surface area contributed by atoms with Gasteiger partial charge in [-0.1, -0.05) is 26.7 Å². The topological polar surface area (TPSA) is 78.1 Å². The highest BCUT2D eigenvalue weighted by molar-refractivity contribution is 9.10. The molecule has 1 aliphatic heterocycles. The van der Waals surface area contributed by atoms with Crippen molar-refractivity contribution in [2.24, 2.45) is 11.3 Å². The van der Waals surface area contributed by atoms with E-state index in [2.05, 4.69) is 43.0 Å². The Morgan fingerprint density at radius 2 is 2.07 bits per heavy atom. The molecular weight excluding hydrogens is 432 g/mol. The minimum atomic E-state index is -0.0935. The predicted molar refractivity (Wildman–Crippen MR) is 117 cm³/mol. The largest absolute Gasteiger partial charge is 0.346 e. The molecule has 1 aromatic rings. The molecule has 1 saturated carbocycles. The quantitative estimate of drug-likeness (QED) is 0.474. The van der Waals surface area contributed by atoms with Gasteiger partial charge in [-0.25, -0.2) is 4.98 Å². The number of hydrogen-bond donors (Lipinski definition) is 2. The molecule has 29 heavy (non-hydrogen) atoms. The lowest BCUT2D eigenvalue weighted by molar-refractivity contribution is -0.124. The molecule has 1 aliphatic carbocycles. The molecular formula is C22H35BrN4O2. The first-order valence-corrected chi connectivity index (χ1v) is 12.0. The first-order chi connectivity index (χ1) is 14.0. The van der Waals surface area contributed by atoms with Gasteiger partial charge in [-0.2, -0.15) is 0 Å². The first-order valence-electron chi connectivity index (χ1n) is 11.2. The Morgan fingerprint density at radius 1 is 1.31 bits per heavy atom. The number of H-pyrrole nitrogens is 1. The third-order valence-corrected chi connectivity index (χ3v) is 7.26. The van der Waals surface area contributed by atoms with Crippen LogP contribution in [0.2, 0.25) is 0 Å². The number of ketones is 1. The second-order valence-electron chi connectivity index (χ2n) is 8.72. The van der Waals surface area contributed by atoms with E-state index in [9.17, 15) is 9.59 Å². The van der Waals surface area contributed by atoms with E-state index in [1.807, 2.05) is 6.92 Å². The number of likely N-dealkylation sites (tertiary alicyclic amines) is 1. The van der Waals surface area contributed by atoms with E-state index in [-0.39, 0.29) is 23.3 Å². The van der Waals surface area contributed by atoms with Gasteiger partial charge < -0.3 is 15.2 Å². The number of aromatic nitrogens is 2. The molecule has 2 atom stereocenters. The molecule has 0 unspecified atom stereocenters. The molecule has 0 radical (unpaired) electrons.